The Balaban J connectivity index is 1.71. The molecule has 1 heterocycles. The van der Waals surface area contributed by atoms with Crippen molar-refractivity contribution >= 4 is 27.6 Å². The lowest BCUT2D eigenvalue weighted by Crippen LogP contribution is -2.66. The maximum absolute atomic E-state index is 14.4. The molecule has 1 N–H and O–H groups in total. The van der Waals surface area contributed by atoms with Crippen molar-refractivity contribution in [3.63, 3.8) is 0 Å². The summed E-state index contributed by atoms with van der Waals surface area (Å²) in [7, 11) is -1.88. The van der Waals surface area contributed by atoms with Crippen LogP contribution in [0.1, 0.15) is 67.6 Å². The van der Waals surface area contributed by atoms with E-state index in [1.807, 2.05) is 26.0 Å². The standard InChI is InChI=1S/C34H48N4O5S/c1-7-23(8-2)31-32(39)35-30(27-19-24-13-11-12-14-25(24)20-27)34(41)38(31)22-26-15-16-28(44(6,42)43)21-29(26)33(40)36(5)17-18-37(9-3)10-4/h11-16,21,23,27,30-31H,7-10,17-20,22H2,1-6H3,(H,35,39)/t30-,31-/m1/s1. The molecular formula is C34H48N4O5S. The third-order valence-corrected chi connectivity index (χ3v) is 10.7. The Bertz CT molecular complexity index is 1440. The Hall–Kier alpha value is -3.24. The van der Waals surface area contributed by atoms with E-state index < -0.39 is 21.9 Å². The fourth-order valence-corrected chi connectivity index (χ4v) is 7.38. The first-order valence-corrected chi connectivity index (χ1v) is 17.8. The maximum Gasteiger partial charge on any atom is 0.254 e. The molecule has 2 aromatic carbocycles. The van der Waals surface area contributed by atoms with Crippen LogP contribution in [-0.4, -0.2) is 92.4 Å². The smallest absolute Gasteiger partial charge is 0.254 e. The minimum atomic E-state index is -3.59. The van der Waals surface area contributed by atoms with Crippen molar-refractivity contribution in [3.05, 3.63) is 64.7 Å². The van der Waals surface area contributed by atoms with Crippen LogP contribution in [0, 0.1) is 11.8 Å². The molecule has 0 unspecified atom stereocenters. The predicted molar refractivity (Wildman–Crippen MR) is 172 cm³/mol. The first-order chi connectivity index (χ1) is 20.9. The second-order valence-electron chi connectivity index (χ2n) is 12.3. The fourth-order valence-electron chi connectivity index (χ4n) is 6.73. The fraction of sp³-hybridized carbons (Fsp3) is 0.559. The van der Waals surface area contributed by atoms with Crippen LogP contribution >= 0.6 is 0 Å². The monoisotopic (exact) mass is 624 g/mol. The highest BCUT2D eigenvalue weighted by Crippen LogP contribution is 2.34. The molecule has 0 bridgehead atoms. The quantitative estimate of drug-likeness (QED) is 0.366. The molecule has 4 rings (SSSR count). The van der Waals surface area contributed by atoms with Crippen LogP contribution < -0.4 is 5.32 Å². The van der Waals surface area contributed by atoms with E-state index in [1.54, 1.807) is 22.9 Å². The van der Waals surface area contributed by atoms with Crippen LogP contribution in [0.15, 0.2) is 47.4 Å². The lowest BCUT2D eigenvalue weighted by Gasteiger charge is -2.44. The van der Waals surface area contributed by atoms with E-state index in [4.69, 9.17) is 0 Å². The highest BCUT2D eigenvalue weighted by atomic mass is 32.2. The normalized spacial score (nSPS) is 19.0. The van der Waals surface area contributed by atoms with E-state index in [0.29, 0.717) is 44.3 Å². The molecule has 44 heavy (non-hydrogen) atoms. The van der Waals surface area contributed by atoms with Crippen molar-refractivity contribution in [1.82, 2.24) is 20.0 Å². The number of likely N-dealkylation sites (N-methyl/N-ethyl adjacent to an activating group) is 2. The van der Waals surface area contributed by atoms with Gasteiger partial charge in [0.15, 0.2) is 9.84 Å². The summed E-state index contributed by atoms with van der Waals surface area (Å²) in [6.07, 6.45) is 3.96. The number of carbonyl (C=O) groups is 3. The molecule has 2 atom stereocenters. The van der Waals surface area contributed by atoms with E-state index in [-0.39, 0.29) is 46.6 Å². The summed E-state index contributed by atoms with van der Waals surface area (Å²) in [4.78, 5) is 47.5. The van der Waals surface area contributed by atoms with E-state index in [0.717, 1.165) is 19.3 Å². The molecule has 1 saturated heterocycles. The Labute approximate surface area is 262 Å². The van der Waals surface area contributed by atoms with Gasteiger partial charge in [-0.05, 0) is 66.6 Å². The largest absolute Gasteiger partial charge is 0.342 e. The van der Waals surface area contributed by atoms with E-state index in [9.17, 15) is 22.8 Å². The number of sulfone groups is 1. The van der Waals surface area contributed by atoms with Gasteiger partial charge in [0.05, 0.1) is 4.90 Å². The van der Waals surface area contributed by atoms with Gasteiger partial charge in [-0.25, -0.2) is 8.42 Å². The van der Waals surface area contributed by atoms with Crippen LogP contribution in [0.2, 0.25) is 0 Å². The van der Waals surface area contributed by atoms with Crippen molar-refractivity contribution in [1.29, 1.82) is 0 Å². The van der Waals surface area contributed by atoms with Gasteiger partial charge in [-0.1, -0.05) is 70.9 Å². The van der Waals surface area contributed by atoms with Crippen LogP contribution in [-0.2, 0) is 38.8 Å². The number of fused-ring (bicyclic) bond motifs is 1. The average Bonchev–Trinajstić information content (AvgIpc) is 3.44. The molecule has 1 aliphatic heterocycles. The van der Waals surface area contributed by atoms with Gasteiger partial charge in [0.2, 0.25) is 11.8 Å². The number of benzene rings is 2. The molecule has 1 fully saturated rings. The summed E-state index contributed by atoms with van der Waals surface area (Å²) >= 11 is 0. The maximum atomic E-state index is 14.4. The molecule has 0 aromatic heterocycles. The summed E-state index contributed by atoms with van der Waals surface area (Å²) < 4.78 is 25.0. The first kappa shape index (κ1) is 33.6. The minimum absolute atomic E-state index is 0.0403. The second kappa shape index (κ2) is 14.2. The molecule has 0 saturated carbocycles. The minimum Gasteiger partial charge on any atom is -0.342 e. The van der Waals surface area contributed by atoms with Crippen molar-refractivity contribution < 1.29 is 22.8 Å². The summed E-state index contributed by atoms with van der Waals surface area (Å²) in [5.74, 6) is -0.759. The van der Waals surface area contributed by atoms with Gasteiger partial charge >= 0.3 is 0 Å². The zero-order valence-corrected chi connectivity index (χ0v) is 27.8. The number of rotatable bonds is 13. The van der Waals surface area contributed by atoms with Crippen molar-refractivity contribution in [2.24, 2.45) is 11.8 Å². The number of piperazine rings is 1. The molecular weight excluding hydrogens is 576 g/mol. The van der Waals surface area contributed by atoms with Gasteiger partial charge < -0.3 is 20.0 Å². The van der Waals surface area contributed by atoms with Crippen LogP contribution in [0.5, 0.6) is 0 Å². The Morgan fingerprint density at radius 2 is 1.59 bits per heavy atom. The molecule has 3 amide bonds. The van der Waals surface area contributed by atoms with E-state index in [2.05, 4.69) is 36.2 Å². The molecule has 1 aliphatic carbocycles. The number of nitrogens with one attached hydrogen (secondary N) is 1. The average molecular weight is 625 g/mol. The zero-order valence-electron chi connectivity index (χ0n) is 27.0. The molecule has 0 spiro atoms. The number of nitrogens with zero attached hydrogens (tertiary/aromatic N) is 3. The van der Waals surface area contributed by atoms with Crippen LogP contribution in [0.25, 0.3) is 0 Å². The summed E-state index contributed by atoms with van der Waals surface area (Å²) in [6, 6.07) is 11.3. The number of carbonyl (C=O) groups excluding carboxylic acids is 3. The number of hydrogen-bond acceptors (Lipinski definition) is 6. The lowest BCUT2D eigenvalue weighted by atomic mass is 9.85. The van der Waals surface area contributed by atoms with E-state index in [1.165, 1.54) is 23.3 Å². The highest BCUT2D eigenvalue weighted by molar-refractivity contribution is 7.90. The molecule has 0 radical (unpaired) electrons. The Kier molecular flexibility index (Phi) is 10.9. The summed E-state index contributed by atoms with van der Waals surface area (Å²) in [6.45, 7) is 11.1. The van der Waals surface area contributed by atoms with Crippen molar-refractivity contribution in [2.45, 2.75) is 76.9 Å². The Morgan fingerprint density at radius 1 is 0.977 bits per heavy atom. The van der Waals surface area contributed by atoms with Crippen molar-refractivity contribution in [2.75, 3.05) is 39.5 Å². The zero-order chi connectivity index (χ0) is 32.2. The van der Waals surface area contributed by atoms with Gasteiger partial charge in [-0.3, -0.25) is 14.4 Å². The summed E-state index contributed by atoms with van der Waals surface area (Å²) in [5.41, 5.74) is 3.17. The van der Waals surface area contributed by atoms with Gasteiger partial charge in [-0.2, -0.15) is 0 Å². The van der Waals surface area contributed by atoms with E-state index >= 15 is 0 Å². The second-order valence-corrected chi connectivity index (χ2v) is 14.3. The third kappa shape index (κ3) is 7.18. The lowest BCUT2D eigenvalue weighted by molar-refractivity contribution is -0.154. The van der Waals surface area contributed by atoms with Gasteiger partial charge in [0.25, 0.3) is 5.91 Å². The molecule has 10 heteroatoms. The molecule has 9 nitrogen and oxygen atoms in total. The summed E-state index contributed by atoms with van der Waals surface area (Å²) in [5, 5.41) is 3.09. The third-order valence-electron chi connectivity index (χ3n) is 9.57. The molecule has 2 aliphatic rings. The van der Waals surface area contributed by atoms with Crippen LogP contribution in [0.3, 0.4) is 0 Å². The number of amides is 3. The van der Waals surface area contributed by atoms with Crippen LogP contribution in [0.4, 0.5) is 0 Å². The van der Waals surface area contributed by atoms with Gasteiger partial charge in [0.1, 0.15) is 12.1 Å². The van der Waals surface area contributed by atoms with Gasteiger partial charge in [0, 0.05) is 38.5 Å². The first-order valence-electron chi connectivity index (χ1n) is 15.9. The number of hydrogen-bond donors (Lipinski definition) is 1. The SMILES string of the molecule is CCC(CC)[C@@H]1C(=O)N[C@H](C2Cc3ccccc3C2)C(=O)N1Cc1ccc(S(C)(=O)=O)cc1C(=O)N(C)CCN(CC)CC. The highest BCUT2D eigenvalue weighted by Gasteiger charge is 2.47. The topological polar surface area (TPSA) is 107 Å². The molecule has 240 valence electrons. The Morgan fingerprint density at radius 3 is 2.14 bits per heavy atom. The van der Waals surface area contributed by atoms with Crippen molar-refractivity contribution in [3.8, 4) is 0 Å². The van der Waals surface area contributed by atoms with Gasteiger partial charge in [-0.15, -0.1) is 0 Å². The predicted octanol–water partition coefficient (Wildman–Crippen LogP) is 3.55. The molecule has 2 aromatic rings.